The lowest BCUT2D eigenvalue weighted by Gasteiger charge is -2.27. The van der Waals surface area contributed by atoms with Crippen molar-refractivity contribution in [2.24, 2.45) is 11.7 Å². The Hall–Kier alpha value is -0.120. The zero-order valence-corrected chi connectivity index (χ0v) is 13.1. The van der Waals surface area contributed by atoms with Crippen molar-refractivity contribution in [3.63, 3.8) is 0 Å². The number of hydrogen-bond acceptors (Lipinski definition) is 3. The molecule has 0 saturated carbocycles. The van der Waals surface area contributed by atoms with Crippen LogP contribution in [0.1, 0.15) is 47.0 Å². The van der Waals surface area contributed by atoms with Crippen molar-refractivity contribution in [3.05, 3.63) is 0 Å². The molecule has 1 atom stereocenters. The van der Waals surface area contributed by atoms with Crippen molar-refractivity contribution >= 4 is 0 Å². The summed E-state index contributed by atoms with van der Waals surface area (Å²) >= 11 is 0. The predicted molar refractivity (Wildman–Crippen MR) is 82.0 cm³/mol. The fourth-order valence-electron chi connectivity index (χ4n) is 2.49. The van der Waals surface area contributed by atoms with Crippen LogP contribution in [0.25, 0.3) is 0 Å². The molecule has 0 aromatic rings. The summed E-state index contributed by atoms with van der Waals surface area (Å²) in [5.74, 6) is 0.684. The van der Waals surface area contributed by atoms with E-state index in [1.165, 1.54) is 52.0 Å². The molecule has 0 rings (SSSR count). The van der Waals surface area contributed by atoms with Gasteiger partial charge in [0.25, 0.3) is 0 Å². The third kappa shape index (κ3) is 8.06. The Kier molecular flexibility index (Phi) is 11.9. The summed E-state index contributed by atoms with van der Waals surface area (Å²) in [5.41, 5.74) is 5.85. The Bertz CT molecular complexity index is 169. The van der Waals surface area contributed by atoms with Gasteiger partial charge in [-0.15, -0.1) is 0 Å². The number of rotatable bonds is 12. The van der Waals surface area contributed by atoms with Crippen LogP contribution < -0.4 is 5.73 Å². The Morgan fingerprint density at radius 3 is 1.89 bits per heavy atom. The van der Waals surface area contributed by atoms with Gasteiger partial charge >= 0.3 is 0 Å². The predicted octanol–water partition coefficient (Wildman–Crippen LogP) is 2.42. The van der Waals surface area contributed by atoms with Crippen LogP contribution in [0.5, 0.6) is 0 Å². The van der Waals surface area contributed by atoms with E-state index in [0.717, 1.165) is 13.1 Å². The second-order valence-electron chi connectivity index (χ2n) is 5.16. The second kappa shape index (κ2) is 11.9. The Morgan fingerprint density at radius 2 is 1.44 bits per heavy atom. The van der Waals surface area contributed by atoms with Gasteiger partial charge in [0.15, 0.2) is 0 Å². The van der Waals surface area contributed by atoms with Crippen molar-refractivity contribution in [1.82, 2.24) is 9.80 Å². The van der Waals surface area contributed by atoms with Crippen LogP contribution in [0, 0.1) is 5.92 Å². The molecule has 0 aliphatic carbocycles. The second-order valence-corrected chi connectivity index (χ2v) is 5.16. The van der Waals surface area contributed by atoms with Crippen LogP contribution in [0.4, 0.5) is 0 Å². The number of nitrogens with zero attached hydrogens (tertiary/aromatic N) is 2. The maximum atomic E-state index is 5.85. The van der Waals surface area contributed by atoms with Crippen LogP contribution in [0.3, 0.4) is 0 Å². The zero-order valence-electron chi connectivity index (χ0n) is 13.1. The Balaban J connectivity index is 3.87. The molecule has 0 spiro atoms. The summed E-state index contributed by atoms with van der Waals surface area (Å²) in [6, 6.07) is 0. The molecule has 0 aromatic heterocycles. The van der Waals surface area contributed by atoms with Gasteiger partial charge in [0, 0.05) is 6.54 Å². The van der Waals surface area contributed by atoms with Gasteiger partial charge in [-0.1, -0.05) is 34.1 Å². The highest BCUT2D eigenvalue weighted by Gasteiger charge is 2.11. The van der Waals surface area contributed by atoms with Crippen molar-refractivity contribution < 1.29 is 0 Å². The van der Waals surface area contributed by atoms with E-state index in [4.69, 9.17) is 5.73 Å². The smallest absolute Gasteiger partial charge is 0.00216 e. The van der Waals surface area contributed by atoms with Crippen molar-refractivity contribution in [3.8, 4) is 0 Å². The standard InChI is InChI=1S/C15H35N3/c1-5-10-15(13-16)14-18(8-4)12-9-11-17(6-2)7-3/h15H,5-14,16H2,1-4H3. The van der Waals surface area contributed by atoms with Gasteiger partial charge in [0.05, 0.1) is 0 Å². The molecule has 0 bridgehead atoms. The molecule has 0 amide bonds. The first-order valence-corrected chi connectivity index (χ1v) is 7.86. The lowest BCUT2D eigenvalue weighted by molar-refractivity contribution is 0.214. The van der Waals surface area contributed by atoms with Gasteiger partial charge < -0.3 is 15.5 Å². The van der Waals surface area contributed by atoms with Crippen LogP contribution in [-0.2, 0) is 0 Å². The third-order valence-corrected chi connectivity index (χ3v) is 3.84. The molecule has 0 radical (unpaired) electrons. The molecule has 18 heavy (non-hydrogen) atoms. The molecule has 0 aromatic carbocycles. The number of nitrogens with two attached hydrogens (primary N) is 1. The fraction of sp³-hybridized carbons (Fsp3) is 1.00. The van der Waals surface area contributed by atoms with E-state index < -0.39 is 0 Å². The first-order valence-electron chi connectivity index (χ1n) is 7.86. The highest BCUT2D eigenvalue weighted by Crippen LogP contribution is 2.07. The third-order valence-electron chi connectivity index (χ3n) is 3.84. The first-order chi connectivity index (χ1) is 8.71. The topological polar surface area (TPSA) is 32.5 Å². The molecule has 1 unspecified atom stereocenters. The molecule has 3 heteroatoms. The van der Waals surface area contributed by atoms with Crippen molar-refractivity contribution in [2.45, 2.75) is 47.0 Å². The van der Waals surface area contributed by atoms with Crippen LogP contribution >= 0.6 is 0 Å². The van der Waals surface area contributed by atoms with E-state index in [0.29, 0.717) is 5.92 Å². The molecule has 110 valence electrons. The summed E-state index contributed by atoms with van der Waals surface area (Å²) in [6.07, 6.45) is 3.79. The molecule has 0 heterocycles. The SMILES string of the molecule is CCCC(CN)CN(CC)CCCN(CC)CC. The molecule has 0 fully saturated rings. The Morgan fingerprint density at radius 1 is 0.889 bits per heavy atom. The highest BCUT2D eigenvalue weighted by atomic mass is 15.1. The summed E-state index contributed by atoms with van der Waals surface area (Å²) in [6.45, 7) is 16.9. The summed E-state index contributed by atoms with van der Waals surface area (Å²) < 4.78 is 0. The minimum absolute atomic E-state index is 0.684. The number of hydrogen-bond donors (Lipinski definition) is 1. The Labute approximate surface area is 115 Å². The van der Waals surface area contributed by atoms with Crippen molar-refractivity contribution in [1.29, 1.82) is 0 Å². The van der Waals surface area contributed by atoms with Gasteiger partial charge in [-0.2, -0.15) is 0 Å². The fourth-order valence-corrected chi connectivity index (χ4v) is 2.49. The zero-order chi connectivity index (χ0) is 13.8. The van der Waals surface area contributed by atoms with E-state index in [-0.39, 0.29) is 0 Å². The monoisotopic (exact) mass is 257 g/mol. The minimum Gasteiger partial charge on any atom is -0.330 e. The highest BCUT2D eigenvalue weighted by molar-refractivity contribution is 4.67. The lowest BCUT2D eigenvalue weighted by Crippen LogP contribution is -2.35. The van der Waals surface area contributed by atoms with Gasteiger partial charge in [-0.3, -0.25) is 0 Å². The molecule has 2 N–H and O–H groups in total. The summed E-state index contributed by atoms with van der Waals surface area (Å²) in [4.78, 5) is 5.07. The van der Waals surface area contributed by atoms with Gasteiger partial charge in [0.1, 0.15) is 0 Å². The van der Waals surface area contributed by atoms with E-state index in [2.05, 4.69) is 37.5 Å². The largest absolute Gasteiger partial charge is 0.330 e. The average molecular weight is 257 g/mol. The minimum atomic E-state index is 0.684. The lowest BCUT2D eigenvalue weighted by atomic mass is 10.0. The quantitative estimate of drug-likeness (QED) is 0.583. The van der Waals surface area contributed by atoms with Crippen molar-refractivity contribution in [2.75, 3.05) is 45.8 Å². The molecule has 0 aliphatic rings. The van der Waals surface area contributed by atoms with E-state index in [1.54, 1.807) is 0 Å². The maximum Gasteiger partial charge on any atom is 0.00216 e. The molecule has 0 saturated heterocycles. The summed E-state index contributed by atoms with van der Waals surface area (Å²) in [5, 5.41) is 0. The van der Waals surface area contributed by atoms with Gasteiger partial charge in [-0.25, -0.2) is 0 Å². The molecule has 3 nitrogen and oxygen atoms in total. The van der Waals surface area contributed by atoms with E-state index >= 15 is 0 Å². The van der Waals surface area contributed by atoms with Gasteiger partial charge in [0.2, 0.25) is 0 Å². The molecular formula is C15H35N3. The molecular weight excluding hydrogens is 222 g/mol. The van der Waals surface area contributed by atoms with E-state index in [9.17, 15) is 0 Å². The van der Waals surface area contributed by atoms with Gasteiger partial charge in [-0.05, 0) is 58.0 Å². The average Bonchev–Trinajstić information content (AvgIpc) is 2.41. The van der Waals surface area contributed by atoms with Crippen LogP contribution in [0.2, 0.25) is 0 Å². The summed E-state index contributed by atoms with van der Waals surface area (Å²) in [7, 11) is 0. The first kappa shape index (κ1) is 17.9. The normalized spacial score (nSPS) is 13.5. The maximum absolute atomic E-state index is 5.85. The molecule has 0 aliphatic heterocycles. The van der Waals surface area contributed by atoms with E-state index in [1.807, 2.05) is 0 Å². The van der Waals surface area contributed by atoms with Crippen LogP contribution in [0.15, 0.2) is 0 Å². The van der Waals surface area contributed by atoms with Crippen LogP contribution in [-0.4, -0.2) is 55.6 Å².